The average Bonchev–Trinajstić information content (AvgIpc) is 2.87. The molecule has 1 fully saturated rings. The van der Waals surface area contributed by atoms with E-state index >= 15 is 0 Å². The third-order valence-corrected chi connectivity index (χ3v) is 3.02. The first kappa shape index (κ1) is 11.9. The summed E-state index contributed by atoms with van der Waals surface area (Å²) in [6.07, 6.45) is 6.16. The van der Waals surface area contributed by atoms with Crippen LogP contribution in [0.3, 0.4) is 0 Å². The van der Waals surface area contributed by atoms with E-state index < -0.39 is 0 Å². The van der Waals surface area contributed by atoms with Gasteiger partial charge in [-0.15, -0.1) is 0 Å². The van der Waals surface area contributed by atoms with Gasteiger partial charge in [0, 0.05) is 18.5 Å². The molecule has 2 N–H and O–H groups in total. The lowest BCUT2D eigenvalue weighted by molar-refractivity contribution is 0.200. The van der Waals surface area contributed by atoms with Gasteiger partial charge in [-0.2, -0.15) is 0 Å². The molecule has 2 nitrogen and oxygen atoms in total. The van der Waals surface area contributed by atoms with Gasteiger partial charge in [-0.25, -0.2) is 0 Å². The van der Waals surface area contributed by atoms with E-state index in [1.165, 1.54) is 32.2 Å². The van der Waals surface area contributed by atoms with E-state index in [0.29, 0.717) is 11.0 Å². The van der Waals surface area contributed by atoms with E-state index in [-0.39, 0.29) is 0 Å². The van der Waals surface area contributed by atoms with Crippen LogP contribution >= 0.6 is 12.2 Å². The Balaban J connectivity index is 2.35. The molecule has 0 amide bonds. The quantitative estimate of drug-likeness (QED) is 0.660. The summed E-state index contributed by atoms with van der Waals surface area (Å²) in [5, 5.41) is 0. The van der Waals surface area contributed by atoms with Crippen molar-refractivity contribution in [1.29, 1.82) is 0 Å². The smallest absolute Gasteiger partial charge is 0.0742 e. The molecule has 14 heavy (non-hydrogen) atoms. The minimum absolute atomic E-state index is 0.534. The summed E-state index contributed by atoms with van der Waals surface area (Å²) in [6, 6.07) is 1.36. The van der Waals surface area contributed by atoms with Crippen LogP contribution in [0.5, 0.6) is 0 Å². The van der Waals surface area contributed by atoms with Crippen LogP contribution < -0.4 is 5.73 Å². The Bertz CT molecular complexity index is 190. The van der Waals surface area contributed by atoms with Crippen LogP contribution in [-0.4, -0.2) is 28.5 Å². The van der Waals surface area contributed by atoms with Crippen LogP contribution in [0.15, 0.2) is 0 Å². The van der Waals surface area contributed by atoms with E-state index in [4.69, 9.17) is 18.0 Å². The molecule has 0 spiro atoms. The summed E-state index contributed by atoms with van der Waals surface area (Å²) in [6.45, 7) is 5.70. The number of unbranched alkanes of at least 4 members (excludes halogenated alkanes) is 1. The Labute approximate surface area is 92.8 Å². The molecule has 0 aliphatic heterocycles. The molecule has 1 unspecified atom stereocenters. The minimum atomic E-state index is 0.534. The van der Waals surface area contributed by atoms with Gasteiger partial charge in [0.25, 0.3) is 0 Å². The highest BCUT2D eigenvalue weighted by Gasteiger charge is 2.31. The number of rotatable bonds is 7. The summed E-state index contributed by atoms with van der Waals surface area (Å²) in [4.78, 5) is 3.24. The van der Waals surface area contributed by atoms with Crippen molar-refractivity contribution in [3.8, 4) is 0 Å². The molecule has 0 aromatic rings. The second-order valence-corrected chi connectivity index (χ2v) is 4.87. The standard InChI is InChI=1S/C11H22N2S/c1-3-4-7-13(10-5-6-10)9(2)8-11(12)14/h9-10H,3-8H2,1-2H3,(H2,12,14). The van der Waals surface area contributed by atoms with Crippen molar-refractivity contribution in [3.63, 3.8) is 0 Å². The molecule has 82 valence electrons. The van der Waals surface area contributed by atoms with Crippen LogP contribution in [0.1, 0.15) is 46.0 Å². The zero-order chi connectivity index (χ0) is 10.6. The van der Waals surface area contributed by atoms with Crippen LogP contribution in [0.2, 0.25) is 0 Å². The Morgan fingerprint density at radius 2 is 2.21 bits per heavy atom. The topological polar surface area (TPSA) is 29.3 Å². The number of thiocarbonyl (C=S) groups is 1. The number of nitrogens with zero attached hydrogens (tertiary/aromatic N) is 1. The molecular formula is C11H22N2S. The highest BCUT2D eigenvalue weighted by Crippen LogP contribution is 2.29. The van der Waals surface area contributed by atoms with Crippen molar-refractivity contribution >= 4 is 17.2 Å². The molecule has 1 atom stereocenters. The average molecular weight is 214 g/mol. The molecule has 0 aromatic carbocycles. The SMILES string of the molecule is CCCCN(C(C)CC(N)=S)C1CC1. The first-order chi connectivity index (χ1) is 6.65. The van der Waals surface area contributed by atoms with Crippen LogP contribution in [0.4, 0.5) is 0 Å². The van der Waals surface area contributed by atoms with Gasteiger partial charge in [0.15, 0.2) is 0 Å². The second-order valence-electron chi connectivity index (χ2n) is 4.34. The minimum Gasteiger partial charge on any atom is -0.393 e. The van der Waals surface area contributed by atoms with Gasteiger partial charge >= 0.3 is 0 Å². The lowest BCUT2D eigenvalue weighted by Crippen LogP contribution is -2.38. The maximum absolute atomic E-state index is 5.59. The number of hydrogen-bond acceptors (Lipinski definition) is 2. The number of nitrogens with two attached hydrogens (primary N) is 1. The summed E-state index contributed by atoms with van der Waals surface area (Å²) < 4.78 is 0. The molecule has 1 aliphatic rings. The summed E-state index contributed by atoms with van der Waals surface area (Å²) >= 11 is 4.96. The van der Waals surface area contributed by atoms with E-state index in [1.807, 2.05) is 0 Å². The maximum atomic E-state index is 5.59. The maximum Gasteiger partial charge on any atom is 0.0742 e. The Morgan fingerprint density at radius 3 is 2.64 bits per heavy atom. The summed E-state index contributed by atoms with van der Waals surface area (Å²) in [7, 11) is 0. The lowest BCUT2D eigenvalue weighted by Gasteiger charge is -2.28. The molecule has 0 saturated heterocycles. The monoisotopic (exact) mass is 214 g/mol. The van der Waals surface area contributed by atoms with Crippen molar-refractivity contribution in [2.24, 2.45) is 5.73 Å². The highest BCUT2D eigenvalue weighted by molar-refractivity contribution is 7.80. The Morgan fingerprint density at radius 1 is 1.57 bits per heavy atom. The Hall–Kier alpha value is -0.150. The van der Waals surface area contributed by atoms with Crippen LogP contribution in [-0.2, 0) is 0 Å². The highest BCUT2D eigenvalue weighted by atomic mass is 32.1. The molecule has 1 aliphatic carbocycles. The normalized spacial score (nSPS) is 18.5. The summed E-state index contributed by atoms with van der Waals surface area (Å²) in [5.74, 6) is 0. The lowest BCUT2D eigenvalue weighted by atomic mass is 10.2. The van der Waals surface area contributed by atoms with Crippen molar-refractivity contribution in [3.05, 3.63) is 0 Å². The van der Waals surface area contributed by atoms with Crippen LogP contribution in [0, 0.1) is 0 Å². The first-order valence-corrected chi connectivity index (χ1v) is 6.10. The van der Waals surface area contributed by atoms with Gasteiger partial charge in [0.2, 0.25) is 0 Å². The van der Waals surface area contributed by atoms with Gasteiger partial charge in [-0.3, -0.25) is 4.90 Å². The van der Waals surface area contributed by atoms with Gasteiger partial charge in [-0.05, 0) is 32.7 Å². The summed E-state index contributed by atoms with van der Waals surface area (Å²) in [5.41, 5.74) is 5.59. The van der Waals surface area contributed by atoms with Crippen molar-refractivity contribution in [2.75, 3.05) is 6.54 Å². The fraction of sp³-hybridized carbons (Fsp3) is 0.909. The molecule has 1 saturated carbocycles. The predicted molar refractivity (Wildman–Crippen MR) is 65.5 cm³/mol. The van der Waals surface area contributed by atoms with Gasteiger partial charge in [0.1, 0.15) is 0 Å². The zero-order valence-electron chi connectivity index (χ0n) is 9.33. The van der Waals surface area contributed by atoms with Crippen molar-refractivity contribution < 1.29 is 0 Å². The molecule has 3 heteroatoms. The second kappa shape index (κ2) is 5.66. The van der Waals surface area contributed by atoms with Gasteiger partial charge in [0.05, 0.1) is 4.99 Å². The first-order valence-electron chi connectivity index (χ1n) is 5.69. The fourth-order valence-electron chi connectivity index (χ4n) is 1.92. The predicted octanol–water partition coefficient (Wildman–Crippen LogP) is 2.32. The third-order valence-electron chi connectivity index (χ3n) is 2.85. The Kier molecular flexibility index (Phi) is 4.82. The molecule has 0 aromatic heterocycles. The van der Waals surface area contributed by atoms with E-state index in [1.54, 1.807) is 0 Å². The molecule has 0 bridgehead atoms. The number of hydrogen-bond donors (Lipinski definition) is 1. The van der Waals surface area contributed by atoms with Crippen LogP contribution in [0.25, 0.3) is 0 Å². The molecule has 0 heterocycles. The zero-order valence-corrected chi connectivity index (χ0v) is 10.1. The molecule has 0 radical (unpaired) electrons. The van der Waals surface area contributed by atoms with Crippen molar-refractivity contribution in [1.82, 2.24) is 4.90 Å². The van der Waals surface area contributed by atoms with Gasteiger partial charge < -0.3 is 5.73 Å². The molecule has 1 rings (SSSR count). The fourth-order valence-corrected chi connectivity index (χ4v) is 2.16. The van der Waals surface area contributed by atoms with E-state index in [2.05, 4.69) is 18.7 Å². The van der Waals surface area contributed by atoms with Crippen molar-refractivity contribution in [2.45, 2.75) is 58.0 Å². The molecular weight excluding hydrogens is 192 g/mol. The largest absolute Gasteiger partial charge is 0.393 e. The van der Waals surface area contributed by atoms with E-state index in [9.17, 15) is 0 Å². The van der Waals surface area contributed by atoms with E-state index in [0.717, 1.165) is 12.5 Å². The van der Waals surface area contributed by atoms with Gasteiger partial charge in [-0.1, -0.05) is 25.6 Å². The third kappa shape index (κ3) is 3.93.